The first-order valence-electron chi connectivity index (χ1n) is 20.0. The maximum atomic E-state index is 5.53. The van der Waals surface area contributed by atoms with Gasteiger partial charge in [0.1, 0.15) is 0 Å². The molecule has 0 saturated heterocycles. The first-order valence-corrected chi connectivity index (χ1v) is 20.0. The van der Waals surface area contributed by atoms with E-state index >= 15 is 0 Å². The molecule has 0 rings (SSSR count). The van der Waals surface area contributed by atoms with Gasteiger partial charge in [-0.3, -0.25) is 0 Å². The summed E-state index contributed by atoms with van der Waals surface area (Å²) in [6.45, 7) is 30.9. The lowest BCUT2D eigenvalue weighted by Crippen LogP contribution is -1.96. The third-order valence-corrected chi connectivity index (χ3v) is 6.46. The van der Waals surface area contributed by atoms with Gasteiger partial charge in [-0.1, -0.05) is 132 Å². The van der Waals surface area contributed by atoms with Gasteiger partial charge in [-0.25, -0.2) is 0 Å². The maximum Gasteiger partial charge on any atom is 0.0466 e. The Morgan fingerprint density at radius 2 is 0.444 bits per heavy atom. The van der Waals surface area contributed by atoms with Crippen molar-refractivity contribution in [3.63, 3.8) is 0 Å². The Morgan fingerprint density at radius 1 is 0.200 bits per heavy atom. The zero-order valence-corrected chi connectivity index (χ0v) is 33.3. The molecule has 0 heterocycles. The summed E-state index contributed by atoms with van der Waals surface area (Å²) in [6.07, 6.45) is 25.4. The van der Waals surface area contributed by atoms with Gasteiger partial charge in [0, 0.05) is 66.1 Å². The van der Waals surface area contributed by atoms with Crippen molar-refractivity contribution in [2.45, 2.75) is 198 Å². The average Bonchev–Trinajstić information content (AvgIpc) is 3.05. The van der Waals surface area contributed by atoms with Crippen molar-refractivity contribution >= 4 is 0 Å². The Labute approximate surface area is 287 Å². The van der Waals surface area contributed by atoms with Crippen LogP contribution in [0.25, 0.3) is 0 Å². The normalized spacial score (nSPS) is 10.0. The Kier molecular flexibility index (Phi) is 79.9. The van der Waals surface area contributed by atoms with Crippen LogP contribution < -0.4 is 0 Å². The van der Waals surface area contributed by atoms with E-state index in [2.05, 4.69) is 55.4 Å². The monoisotopic (exact) mass is 651 g/mol. The molecule has 5 heteroatoms. The molecule has 0 aliphatic carbocycles. The molecule has 0 aromatic rings. The maximum absolute atomic E-state index is 5.53. The van der Waals surface area contributed by atoms with Crippen LogP contribution in [-0.4, -0.2) is 66.1 Å². The predicted molar refractivity (Wildman–Crippen MR) is 203 cm³/mol. The predicted octanol–water partition coefficient (Wildman–Crippen LogP) is 13.0. The van der Waals surface area contributed by atoms with Crippen molar-refractivity contribution in [3.05, 3.63) is 0 Å². The topological polar surface area (TPSA) is 46.2 Å². The lowest BCUT2D eigenvalue weighted by molar-refractivity contribution is 0.126. The van der Waals surface area contributed by atoms with Crippen molar-refractivity contribution in [1.29, 1.82) is 0 Å². The Balaban J connectivity index is -0.000000153. The van der Waals surface area contributed by atoms with Crippen LogP contribution in [0.5, 0.6) is 0 Å². The van der Waals surface area contributed by atoms with Crippen molar-refractivity contribution in [2.75, 3.05) is 66.1 Å². The van der Waals surface area contributed by atoms with E-state index in [0.717, 1.165) is 78.9 Å². The summed E-state index contributed by atoms with van der Waals surface area (Å²) in [4.78, 5) is 0. The molecule has 0 aromatic carbocycles. The molecule has 0 aliphatic heterocycles. The molecule has 0 aliphatic rings. The van der Waals surface area contributed by atoms with E-state index < -0.39 is 0 Å². The highest BCUT2D eigenvalue weighted by molar-refractivity contribution is 4.42. The van der Waals surface area contributed by atoms with Crippen molar-refractivity contribution in [2.24, 2.45) is 0 Å². The van der Waals surface area contributed by atoms with Gasteiger partial charge < -0.3 is 23.7 Å². The van der Waals surface area contributed by atoms with Crippen molar-refractivity contribution in [1.82, 2.24) is 0 Å². The fraction of sp³-hybridized carbons (Fsp3) is 1.00. The molecular formula is C40H90O5. The van der Waals surface area contributed by atoms with E-state index in [1.807, 2.05) is 13.8 Å². The van der Waals surface area contributed by atoms with E-state index in [0.29, 0.717) is 0 Å². The molecule has 5 nitrogen and oxygen atoms in total. The Bertz CT molecular complexity index is 352. The summed E-state index contributed by atoms with van der Waals surface area (Å²) in [5.74, 6) is 0. The third kappa shape index (κ3) is 86.2. The number of rotatable bonds is 30. The van der Waals surface area contributed by atoms with Crippen molar-refractivity contribution < 1.29 is 23.7 Å². The van der Waals surface area contributed by atoms with Gasteiger partial charge in [-0.2, -0.15) is 0 Å². The number of hydrogen-bond donors (Lipinski definition) is 0. The lowest BCUT2D eigenvalue weighted by Gasteiger charge is -2.03. The average molecular weight is 651 g/mol. The van der Waals surface area contributed by atoms with Crippen LogP contribution in [0.2, 0.25) is 0 Å². The van der Waals surface area contributed by atoms with E-state index in [-0.39, 0.29) is 0 Å². The number of ether oxygens (including phenoxy) is 5. The molecule has 0 unspecified atom stereocenters. The van der Waals surface area contributed by atoms with E-state index in [1.54, 1.807) is 0 Å². The molecular weight excluding hydrogens is 560 g/mol. The van der Waals surface area contributed by atoms with Crippen LogP contribution in [0.4, 0.5) is 0 Å². The Morgan fingerprint density at radius 3 is 0.689 bits per heavy atom. The summed E-state index contributed by atoms with van der Waals surface area (Å²) in [5, 5.41) is 0. The van der Waals surface area contributed by atoms with Crippen LogP contribution in [0.15, 0.2) is 0 Å². The fourth-order valence-corrected chi connectivity index (χ4v) is 3.56. The summed E-state index contributed by atoms with van der Waals surface area (Å²) in [7, 11) is 0. The second-order valence-electron chi connectivity index (χ2n) is 11.5. The second-order valence-corrected chi connectivity index (χ2v) is 11.5. The first kappa shape index (κ1) is 54.3. The van der Waals surface area contributed by atoms with Crippen LogP contribution >= 0.6 is 0 Å². The minimum atomic E-state index is 0.844. The van der Waals surface area contributed by atoms with Gasteiger partial charge >= 0.3 is 0 Å². The zero-order chi connectivity index (χ0) is 34.7. The van der Waals surface area contributed by atoms with Gasteiger partial charge in [0.2, 0.25) is 0 Å². The quantitative estimate of drug-likeness (QED) is 0.0724. The smallest absolute Gasteiger partial charge is 0.0466 e. The first-order chi connectivity index (χ1) is 22.1. The summed E-state index contributed by atoms with van der Waals surface area (Å²) < 4.78 is 26.2. The van der Waals surface area contributed by atoms with Crippen molar-refractivity contribution in [3.8, 4) is 0 Å². The zero-order valence-electron chi connectivity index (χ0n) is 33.3. The third-order valence-electron chi connectivity index (χ3n) is 6.46. The second kappa shape index (κ2) is 66.3. The molecule has 0 atom stereocenters. The summed E-state index contributed by atoms with van der Waals surface area (Å²) >= 11 is 0. The van der Waals surface area contributed by atoms with Gasteiger partial charge in [0.25, 0.3) is 0 Å². The molecule has 280 valence electrons. The van der Waals surface area contributed by atoms with Gasteiger partial charge in [-0.05, 0) is 65.2 Å². The number of hydrogen-bond acceptors (Lipinski definition) is 5. The standard InChI is InChI=1S/C12H26O.C10H22O.C8H18O.C6H14O.C4H10O/c1-3-5-7-9-11-13-12-10-8-6-4-2;1-3-5-7-9-11-10-8-6-4-2;1-3-5-7-9-8-6-4-2;1-3-5-7-6-4-2;1-3-5-4-2/h3-12H2,1-2H3;3-10H2,1-2H3;3-8H2,1-2H3;3-6H2,1-2H3;3-4H2,1-2H3. The molecule has 45 heavy (non-hydrogen) atoms. The van der Waals surface area contributed by atoms with Gasteiger partial charge in [0.05, 0.1) is 0 Å². The number of unbranched alkanes of at least 4 members (excludes halogenated alkanes) is 12. The minimum absolute atomic E-state index is 0.844. The summed E-state index contributed by atoms with van der Waals surface area (Å²) in [6, 6.07) is 0. The highest BCUT2D eigenvalue weighted by Gasteiger charge is 1.91. The van der Waals surface area contributed by atoms with E-state index in [4.69, 9.17) is 23.7 Å². The highest BCUT2D eigenvalue weighted by Crippen LogP contribution is 2.02. The Hall–Kier alpha value is -0.200. The van der Waals surface area contributed by atoms with Gasteiger partial charge in [-0.15, -0.1) is 0 Å². The highest BCUT2D eigenvalue weighted by atomic mass is 16.5. The van der Waals surface area contributed by atoms with Gasteiger partial charge in [0.15, 0.2) is 0 Å². The minimum Gasteiger partial charge on any atom is -0.382 e. The molecule has 0 N–H and O–H groups in total. The molecule has 0 fully saturated rings. The van der Waals surface area contributed by atoms with E-state index in [9.17, 15) is 0 Å². The molecule has 0 amide bonds. The van der Waals surface area contributed by atoms with Crippen LogP contribution in [0.3, 0.4) is 0 Å². The molecule has 0 radical (unpaired) electrons. The van der Waals surface area contributed by atoms with E-state index in [1.165, 1.54) is 116 Å². The largest absolute Gasteiger partial charge is 0.382 e. The molecule has 0 saturated carbocycles. The van der Waals surface area contributed by atoms with Crippen LogP contribution in [-0.2, 0) is 23.7 Å². The lowest BCUT2D eigenvalue weighted by atomic mass is 10.2. The molecule has 0 bridgehead atoms. The molecule has 0 aromatic heterocycles. The van der Waals surface area contributed by atoms with Crippen LogP contribution in [0.1, 0.15) is 198 Å². The van der Waals surface area contributed by atoms with Crippen LogP contribution in [0, 0.1) is 0 Å². The molecule has 0 spiro atoms. The fourth-order valence-electron chi connectivity index (χ4n) is 3.56. The summed E-state index contributed by atoms with van der Waals surface area (Å²) in [5.41, 5.74) is 0. The SMILES string of the molecule is CCCCCCOCCCCCC.CCCCCOCCCCC.CCCCOCCCC.CCCOCCC.CCOCC.